The molecule has 1 radical (unpaired) electrons. The molecule has 0 aliphatic carbocycles. The SMILES string of the molecule is C[C@@H](NC(=O)CN)C(=O)[N]c1ccccc1. The van der Waals surface area contributed by atoms with Crippen LogP contribution in [0.25, 0.3) is 0 Å². The van der Waals surface area contributed by atoms with Crippen LogP contribution >= 0.6 is 0 Å². The second-order valence-electron chi connectivity index (χ2n) is 3.28. The van der Waals surface area contributed by atoms with Gasteiger partial charge in [0.2, 0.25) is 5.91 Å². The number of benzene rings is 1. The van der Waals surface area contributed by atoms with Gasteiger partial charge in [0, 0.05) is 0 Å². The maximum atomic E-state index is 11.5. The van der Waals surface area contributed by atoms with Crippen LogP contribution in [0.4, 0.5) is 5.69 Å². The van der Waals surface area contributed by atoms with Gasteiger partial charge in [-0.05, 0) is 19.1 Å². The van der Waals surface area contributed by atoms with Gasteiger partial charge in [-0.3, -0.25) is 9.59 Å². The topological polar surface area (TPSA) is 86.3 Å². The molecule has 0 saturated carbocycles. The van der Waals surface area contributed by atoms with Crippen molar-refractivity contribution in [2.45, 2.75) is 13.0 Å². The summed E-state index contributed by atoms with van der Waals surface area (Å²) >= 11 is 0. The Morgan fingerprint density at radius 3 is 2.56 bits per heavy atom. The van der Waals surface area contributed by atoms with Crippen molar-refractivity contribution >= 4 is 17.5 Å². The summed E-state index contributed by atoms with van der Waals surface area (Å²) < 4.78 is 0. The van der Waals surface area contributed by atoms with Crippen molar-refractivity contribution in [3.05, 3.63) is 30.3 Å². The Balaban J connectivity index is 2.49. The summed E-state index contributed by atoms with van der Waals surface area (Å²) in [4.78, 5) is 22.5. The first kappa shape index (κ1) is 12.2. The van der Waals surface area contributed by atoms with Crippen molar-refractivity contribution in [1.29, 1.82) is 0 Å². The standard InChI is InChI=1S/C11H14N3O2/c1-8(13-10(15)7-12)11(16)14-9-5-3-2-4-6-9/h2-6,8H,7,12H2,1H3,(H,13,15)/t8-/m1/s1. The van der Waals surface area contributed by atoms with Crippen molar-refractivity contribution in [2.24, 2.45) is 5.73 Å². The summed E-state index contributed by atoms with van der Waals surface area (Å²) in [7, 11) is 0. The van der Waals surface area contributed by atoms with Gasteiger partial charge in [-0.1, -0.05) is 18.2 Å². The number of rotatable bonds is 4. The van der Waals surface area contributed by atoms with Gasteiger partial charge in [0.05, 0.1) is 12.2 Å². The van der Waals surface area contributed by atoms with Crippen LogP contribution in [0.5, 0.6) is 0 Å². The van der Waals surface area contributed by atoms with Crippen LogP contribution in [-0.4, -0.2) is 24.4 Å². The molecule has 0 saturated heterocycles. The van der Waals surface area contributed by atoms with E-state index in [1.807, 2.05) is 6.07 Å². The molecule has 85 valence electrons. The fourth-order valence-electron chi connectivity index (χ4n) is 1.09. The summed E-state index contributed by atoms with van der Waals surface area (Å²) in [6.45, 7) is 1.44. The summed E-state index contributed by atoms with van der Waals surface area (Å²) in [5.74, 6) is -0.767. The molecule has 2 amide bonds. The predicted octanol–water partition coefficient (Wildman–Crippen LogP) is -0.0875. The molecule has 5 heteroatoms. The molecule has 0 heterocycles. The zero-order valence-electron chi connectivity index (χ0n) is 9.01. The van der Waals surface area contributed by atoms with E-state index in [1.54, 1.807) is 31.2 Å². The number of hydrogen-bond acceptors (Lipinski definition) is 3. The molecule has 0 unspecified atom stereocenters. The Labute approximate surface area is 94.0 Å². The highest BCUT2D eigenvalue weighted by atomic mass is 16.2. The summed E-state index contributed by atoms with van der Waals surface area (Å²) in [6.07, 6.45) is 0. The number of para-hydroxylation sites is 1. The lowest BCUT2D eigenvalue weighted by Crippen LogP contribution is -2.43. The minimum atomic E-state index is -0.656. The van der Waals surface area contributed by atoms with E-state index in [-0.39, 0.29) is 12.5 Å². The molecule has 0 bridgehead atoms. The Morgan fingerprint density at radius 1 is 1.38 bits per heavy atom. The van der Waals surface area contributed by atoms with E-state index in [0.29, 0.717) is 5.69 Å². The summed E-state index contributed by atoms with van der Waals surface area (Å²) in [6, 6.07) is 8.19. The lowest BCUT2D eigenvalue weighted by molar-refractivity contribution is -0.127. The van der Waals surface area contributed by atoms with Crippen LogP contribution in [0.2, 0.25) is 0 Å². The molecular formula is C11H14N3O2. The summed E-state index contributed by atoms with van der Waals surface area (Å²) in [5, 5.41) is 6.29. The fraction of sp³-hybridized carbons (Fsp3) is 0.273. The van der Waals surface area contributed by atoms with E-state index < -0.39 is 11.9 Å². The minimum absolute atomic E-state index is 0.136. The van der Waals surface area contributed by atoms with E-state index in [1.165, 1.54) is 0 Å². The first-order valence-corrected chi connectivity index (χ1v) is 4.93. The third kappa shape index (κ3) is 3.70. The van der Waals surface area contributed by atoms with Gasteiger partial charge in [-0.2, -0.15) is 0 Å². The Morgan fingerprint density at radius 2 is 2.00 bits per heavy atom. The van der Waals surface area contributed by atoms with Crippen molar-refractivity contribution in [3.8, 4) is 0 Å². The number of amides is 2. The number of nitrogens with two attached hydrogens (primary N) is 1. The second-order valence-corrected chi connectivity index (χ2v) is 3.28. The average Bonchev–Trinajstić information content (AvgIpc) is 2.30. The second kappa shape index (κ2) is 5.87. The molecule has 0 fully saturated rings. The van der Waals surface area contributed by atoms with Crippen LogP contribution in [-0.2, 0) is 9.59 Å². The third-order valence-corrected chi connectivity index (χ3v) is 1.93. The smallest absolute Gasteiger partial charge is 0.268 e. The quantitative estimate of drug-likeness (QED) is 0.743. The lowest BCUT2D eigenvalue weighted by atomic mass is 10.2. The van der Waals surface area contributed by atoms with E-state index in [0.717, 1.165) is 0 Å². The molecule has 16 heavy (non-hydrogen) atoms. The van der Waals surface area contributed by atoms with Gasteiger partial charge >= 0.3 is 0 Å². The first-order valence-electron chi connectivity index (χ1n) is 4.93. The number of nitrogens with one attached hydrogen (secondary N) is 1. The highest BCUT2D eigenvalue weighted by Gasteiger charge is 2.15. The van der Waals surface area contributed by atoms with E-state index in [4.69, 9.17) is 5.73 Å². The first-order chi connectivity index (χ1) is 7.63. The zero-order chi connectivity index (χ0) is 12.0. The number of carbonyl (C=O) groups excluding carboxylic acids is 2. The van der Waals surface area contributed by atoms with Gasteiger partial charge in [-0.15, -0.1) is 0 Å². The molecule has 3 N–H and O–H groups in total. The highest BCUT2D eigenvalue weighted by Crippen LogP contribution is 2.05. The van der Waals surface area contributed by atoms with Gasteiger partial charge in [0.15, 0.2) is 0 Å². The molecule has 0 spiro atoms. The van der Waals surface area contributed by atoms with Crippen molar-refractivity contribution < 1.29 is 9.59 Å². The molecule has 1 aromatic carbocycles. The fourth-order valence-corrected chi connectivity index (χ4v) is 1.09. The molecule has 0 aromatic heterocycles. The molecule has 1 rings (SSSR count). The van der Waals surface area contributed by atoms with Crippen LogP contribution < -0.4 is 16.4 Å². The van der Waals surface area contributed by atoms with Crippen molar-refractivity contribution in [1.82, 2.24) is 10.6 Å². The van der Waals surface area contributed by atoms with E-state index >= 15 is 0 Å². The van der Waals surface area contributed by atoms with Crippen LogP contribution in [0, 0.1) is 0 Å². The molecule has 1 atom stereocenters. The maximum absolute atomic E-state index is 11.5. The zero-order valence-corrected chi connectivity index (χ0v) is 9.01. The summed E-state index contributed by atoms with van der Waals surface area (Å²) in [5.41, 5.74) is 5.69. The van der Waals surface area contributed by atoms with E-state index in [9.17, 15) is 9.59 Å². The predicted molar refractivity (Wildman–Crippen MR) is 59.9 cm³/mol. The van der Waals surface area contributed by atoms with Gasteiger partial charge in [0.1, 0.15) is 6.04 Å². The van der Waals surface area contributed by atoms with Crippen molar-refractivity contribution in [3.63, 3.8) is 0 Å². The number of hydrogen-bond donors (Lipinski definition) is 2. The van der Waals surface area contributed by atoms with Crippen molar-refractivity contribution in [2.75, 3.05) is 6.54 Å². The monoisotopic (exact) mass is 220 g/mol. The Kier molecular flexibility index (Phi) is 4.47. The van der Waals surface area contributed by atoms with E-state index in [2.05, 4.69) is 10.6 Å². The lowest BCUT2D eigenvalue weighted by Gasteiger charge is -2.11. The minimum Gasteiger partial charge on any atom is -0.343 e. The van der Waals surface area contributed by atoms with Gasteiger partial charge < -0.3 is 11.1 Å². The van der Waals surface area contributed by atoms with Gasteiger partial charge in [-0.25, -0.2) is 5.32 Å². The average molecular weight is 220 g/mol. The molecule has 0 aliphatic heterocycles. The maximum Gasteiger partial charge on any atom is 0.268 e. The Hall–Kier alpha value is -1.88. The normalized spacial score (nSPS) is 11.6. The van der Waals surface area contributed by atoms with Crippen LogP contribution in [0.3, 0.4) is 0 Å². The Bertz CT molecular complexity index is 365. The number of carbonyl (C=O) groups is 2. The molecule has 1 aromatic rings. The van der Waals surface area contributed by atoms with Crippen LogP contribution in [0.15, 0.2) is 30.3 Å². The highest BCUT2D eigenvalue weighted by molar-refractivity contribution is 5.89. The molecular weight excluding hydrogens is 206 g/mol. The largest absolute Gasteiger partial charge is 0.343 e. The number of nitrogens with zero attached hydrogens (tertiary/aromatic N) is 1. The van der Waals surface area contributed by atoms with Crippen LogP contribution in [0.1, 0.15) is 6.92 Å². The molecule has 0 aliphatic rings. The third-order valence-electron chi connectivity index (χ3n) is 1.93. The van der Waals surface area contributed by atoms with Gasteiger partial charge in [0.25, 0.3) is 5.91 Å². The molecule has 5 nitrogen and oxygen atoms in total.